The zero-order chi connectivity index (χ0) is 17.0. The molecule has 6 heteroatoms. The molecule has 23 heavy (non-hydrogen) atoms. The van der Waals surface area contributed by atoms with Crippen LogP contribution in [-0.4, -0.2) is 42.8 Å². The van der Waals surface area contributed by atoms with Crippen LogP contribution in [0.1, 0.15) is 31.4 Å². The number of halogens is 1. The molecule has 0 aliphatic carbocycles. The van der Waals surface area contributed by atoms with Gasteiger partial charge >= 0.3 is 0 Å². The van der Waals surface area contributed by atoms with Gasteiger partial charge < -0.3 is 15.4 Å². The van der Waals surface area contributed by atoms with Gasteiger partial charge in [-0.25, -0.2) is 9.37 Å². The second-order valence-electron chi connectivity index (χ2n) is 6.90. The molecule has 1 aromatic heterocycles. The first-order valence-corrected chi connectivity index (χ1v) is 8.01. The van der Waals surface area contributed by atoms with E-state index in [0.29, 0.717) is 12.3 Å². The first-order chi connectivity index (χ1) is 10.8. The minimum absolute atomic E-state index is 0.192. The molecule has 2 N–H and O–H groups in total. The lowest BCUT2D eigenvalue weighted by atomic mass is 9.92. The summed E-state index contributed by atoms with van der Waals surface area (Å²) < 4.78 is 19.5. The molecule has 1 saturated heterocycles. The van der Waals surface area contributed by atoms with Gasteiger partial charge in [-0.2, -0.15) is 0 Å². The van der Waals surface area contributed by atoms with E-state index in [1.165, 1.54) is 0 Å². The van der Waals surface area contributed by atoms with Crippen molar-refractivity contribution in [2.24, 2.45) is 5.41 Å². The number of aromatic nitrogens is 1. The highest BCUT2D eigenvalue weighted by Crippen LogP contribution is 2.21. The second-order valence-corrected chi connectivity index (χ2v) is 6.90. The third kappa shape index (κ3) is 4.64. The van der Waals surface area contributed by atoms with E-state index in [-0.39, 0.29) is 19.1 Å². The monoisotopic (exact) mass is 323 g/mol. The zero-order valence-corrected chi connectivity index (χ0v) is 14.3. The van der Waals surface area contributed by atoms with Crippen LogP contribution in [0.4, 0.5) is 4.39 Å². The van der Waals surface area contributed by atoms with E-state index in [2.05, 4.69) is 15.6 Å². The quantitative estimate of drug-likeness (QED) is 0.869. The fraction of sp³-hybridized carbons (Fsp3) is 0.647. The smallest absolute Gasteiger partial charge is 0.229 e. The lowest BCUT2D eigenvalue weighted by Gasteiger charge is -2.31. The fourth-order valence-corrected chi connectivity index (χ4v) is 2.52. The van der Waals surface area contributed by atoms with Crippen LogP contribution in [0.25, 0.3) is 0 Å². The van der Waals surface area contributed by atoms with E-state index >= 15 is 0 Å². The van der Waals surface area contributed by atoms with E-state index < -0.39 is 17.6 Å². The molecule has 0 radical (unpaired) electrons. The summed E-state index contributed by atoms with van der Waals surface area (Å²) in [5.74, 6) is 0.332. The Hall–Kier alpha value is -1.69. The number of nitrogens with zero attached hydrogens (tertiary/aromatic N) is 1. The highest BCUT2D eigenvalue weighted by molar-refractivity contribution is 5.82. The third-order valence-corrected chi connectivity index (χ3v) is 4.08. The van der Waals surface area contributed by atoms with Crippen molar-refractivity contribution in [1.82, 2.24) is 15.6 Å². The normalized spacial score (nSPS) is 21.8. The summed E-state index contributed by atoms with van der Waals surface area (Å²) in [7, 11) is 0. The molecule has 1 aliphatic heterocycles. The summed E-state index contributed by atoms with van der Waals surface area (Å²) in [6.07, 6.45) is 1.28. The molecular weight excluding hydrogens is 297 g/mol. The SMILES string of the molecule is Cc1cnc(OCC(C)(C)C(=O)N[C@H]2CCNC[C@@H]2F)c(C)c1. The maximum absolute atomic E-state index is 13.8. The molecule has 1 fully saturated rings. The second kappa shape index (κ2) is 7.25. The van der Waals surface area contributed by atoms with Crippen LogP contribution >= 0.6 is 0 Å². The third-order valence-electron chi connectivity index (χ3n) is 4.08. The molecule has 0 spiro atoms. The number of nitrogens with one attached hydrogen (secondary N) is 2. The topological polar surface area (TPSA) is 63.2 Å². The van der Waals surface area contributed by atoms with Crippen LogP contribution in [0.2, 0.25) is 0 Å². The Morgan fingerprint density at radius 2 is 2.26 bits per heavy atom. The molecule has 0 aromatic carbocycles. The highest BCUT2D eigenvalue weighted by Gasteiger charge is 2.33. The molecule has 2 heterocycles. The predicted molar refractivity (Wildman–Crippen MR) is 87.3 cm³/mol. The van der Waals surface area contributed by atoms with Gasteiger partial charge in [0.25, 0.3) is 0 Å². The van der Waals surface area contributed by atoms with Crippen LogP contribution in [0, 0.1) is 19.3 Å². The predicted octanol–water partition coefficient (Wildman–Crippen LogP) is 1.92. The summed E-state index contributed by atoms with van der Waals surface area (Å²) in [6.45, 7) is 8.67. The maximum Gasteiger partial charge on any atom is 0.229 e. The Kier molecular flexibility index (Phi) is 5.57. The van der Waals surface area contributed by atoms with E-state index in [1.807, 2.05) is 19.9 Å². The minimum atomic E-state index is -1.05. The maximum atomic E-state index is 13.8. The number of pyridine rings is 1. The summed E-state index contributed by atoms with van der Waals surface area (Å²) in [5, 5.41) is 5.79. The molecule has 128 valence electrons. The highest BCUT2D eigenvalue weighted by atomic mass is 19.1. The van der Waals surface area contributed by atoms with Crippen molar-refractivity contribution in [1.29, 1.82) is 0 Å². The van der Waals surface area contributed by atoms with Gasteiger partial charge in [0.1, 0.15) is 12.8 Å². The van der Waals surface area contributed by atoms with Crippen LogP contribution < -0.4 is 15.4 Å². The number of ether oxygens (including phenoxy) is 1. The summed E-state index contributed by atoms with van der Waals surface area (Å²) >= 11 is 0. The van der Waals surface area contributed by atoms with Crippen LogP contribution in [0.15, 0.2) is 12.3 Å². The van der Waals surface area contributed by atoms with Gasteiger partial charge in [0.15, 0.2) is 0 Å². The first-order valence-electron chi connectivity index (χ1n) is 8.01. The zero-order valence-electron chi connectivity index (χ0n) is 14.3. The molecule has 0 unspecified atom stereocenters. The molecule has 2 rings (SSSR count). The molecule has 1 aliphatic rings. The number of piperidine rings is 1. The summed E-state index contributed by atoms with van der Waals surface area (Å²) in [6, 6.07) is 1.56. The van der Waals surface area contributed by atoms with E-state index in [1.54, 1.807) is 20.0 Å². The van der Waals surface area contributed by atoms with Crippen molar-refractivity contribution >= 4 is 5.91 Å². The minimum Gasteiger partial charge on any atom is -0.476 e. The van der Waals surface area contributed by atoms with Crippen LogP contribution in [-0.2, 0) is 4.79 Å². The summed E-state index contributed by atoms with van der Waals surface area (Å²) in [4.78, 5) is 16.7. The van der Waals surface area contributed by atoms with Crippen molar-refractivity contribution in [2.45, 2.75) is 46.3 Å². The van der Waals surface area contributed by atoms with Crippen molar-refractivity contribution in [2.75, 3.05) is 19.7 Å². The molecular formula is C17H26FN3O2. The lowest BCUT2D eigenvalue weighted by molar-refractivity contribution is -0.132. The van der Waals surface area contributed by atoms with Crippen molar-refractivity contribution in [3.8, 4) is 5.88 Å². The van der Waals surface area contributed by atoms with Crippen molar-refractivity contribution in [3.63, 3.8) is 0 Å². The van der Waals surface area contributed by atoms with E-state index in [9.17, 15) is 9.18 Å². The van der Waals surface area contributed by atoms with E-state index in [4.69, 9.17) is 4.74 Å². The Morgan fingerprint density at radius 3 is 2.91 bits per heavy atom. The molecule has 1 aromatic rings. The Labute approximate surface area is 137 Å². The first kappa shape index (κ1) is 17.7. The average molecular weight is 323 g/mol. The number of amides is 1. The number of carbonyl (C=O) groups excluding carboxylic acids is 1. The van der Waals surface area contributed by atoms with Gasteiger partial charge in [0, 0.05) is 18.3 Å². The van der Waals surface area contributed by atoms with Crippen LogP contribution in [0.3, 0.4) is 0 Å². The number of hydrogen-bond acceptors (Lipinski definition) is 4. The standard InChI is InChI=1S/C17H26FN3O2/c1-11-7-12(2)15(20-8-11)23-10-17(3,4)16(22)21-14-5-6-19-9-13(14)18/h7-8,13-14,19H,5-6,9-10H2,1-4H3,(H,21,22)/t13-,14-/m0/s1. The number of rotatable bonds is 5. The van der Waals surface area contributed by atoms with Gasteiger partial charge in [-0.1, -0.05) is 0 Å². The molecule has 1 amide bonds. The number of alkyl halides is 1. The molecule has 0 bridgehead atoms. The average Bonchev–Trinajstić information content (AvgIpc) is 2.48. The van der Waals surface area contributed by atoms with Crippen molar-refractivity contribution in [3.05, 3.63) is 23.4 Å². The van der Waals surface area contributed by atoms with Gasteiger partial charge in [-0.3, -0.25) is 4.79 Å². The summed E-state index contributed by atoms with van der Waals surface area (Å²) in [5.41, 5.74) is 1.24. The van der Waals surface area contributed by atoms with Crippen molar-refractivity contribution < 1.29 is 13.9 Å². The van der Waals surface area contributed by atoms with Gasteiger partial charge in [-0.15, -0.1) is 0 Å². The van der Waals surface area contributed by atoms with Crippen LogP contribution in [0.5, 0.6) is 5.88 Å². The van der Waals surface area contributed by atoms with Gasteiger partial charge in [-0.05, 0) is 52.3 Å². The van der Waals surface area contributed by atoms with Gasteiger partial charge in [0.05, 0.1) is 11.5 Å². The Morgan fingerprint density at radius 1 is 1.52 bits per heavy atom. The lowest BCUT2D eigenvalue weighted by Crippen LogP contribution is -2.54. The van der Waals surface area contributed by atoms with E-state index in [0.717, 1.165) is 17.7 Å². The molecule has 2 atom stereocenters. The Bertz CT molecular complexity index is 563. The largest absolute Gasteiger partial charge is 0.476 e. The fourth-order valence-electron chi connectivity index (χ4n) is 2.52. The van der Waals surface area contributed by atoms with Gasteiger partial charge in [0.2, 0.25) is 11.8 Å². The molecule has 0 saturated carbocycles. The number of carbonyl (C=O) groups is 1. The number of aryl methyl sites for hydroxylation is 2. The molecule has 5 nitrogen and oxygen atoms in total. The Balaban J connectivity index is 1.93. The number of hydrogen-bond donors (Lipinski definition) is 2.